The van der Waals surface area contributed by atoms with Crippen LogP contribution in [0.4, 0.5) is 0 Å². The number of aryl methyl sites for hydroxylation is 2. The van der Waals surface area contributed by atoms with Crippen molar-refractivity contribution >= 4 is 17.5 Å². The summed E-state index contributed by atoms with van der Waals surface area (Å²) in [5.74, 6) is 1.12. The van der Waals surface area contributed by atoms with Gasteiger partial charge >= 0.3 is 0 Å². The van der Waals surface area contributed by atoms with E-state index in [1.807, 2.05) is 31.2 Å². The van der Waals surface area contributed by atoms with Crippen molar-refractivity contribution in [3.05, 3.63) is 58.5 Å². The predicted molar refractivity (Wildman–Crippen MR) is 75.4 cm³/mol. The molecule has 0 aliphatic heterocycles. The van der Waals surface area contributed by atoms with Gasteiger partial charge in [0.2, 0.25) is 0 Å². The number of halogens is 1. The second-order valence-electron chi connectivity index (χ2n) is 4.49. The molecular weight excluding hydrogens is 262 g/mol. The summed E-state index contributed by atoms with van der Waals surface area (Å²) >= 11 is 5.75. The van der Waals surface area contributed by atoms with Gasteiger partial charge in [0.15, 0.2) is 5.76 Å². The molecule has 0 atom stereocenters. The molecule has 0 saturated carbocycles. The van der Waals surface area contributed by atoms with E-state index in [-0.39, 0.29) is 5.91 Å². The molecule has 3 nitrogen and oxygen atoms in total. The van der Waals surface area contributed by atoms with Crippen molar-refractivity contribution < 1.29 is 9.21 Å². The van der Waals surface area contributed by atoms with Crippen LogP contribution in [0.25, 0.3) is 0 Å². The Hall–Kier alpha value is -1.74. The number of carbonyl (C=O) groups is 1. The van der Waals surface area contributed by atoms with E-state index in [0.717, 1.165) is 11.1 Å². The fraction of sp³-hybridized carbons (Fsp3) is 0.267. The third-order valence-corrected chi connectivity index (χ3v) is 3.25. The third-order valence-electron chi connectivity index (χ3n) is 2.96. The second kappa shape index (κ2) is 5.93. The SMILES string of the molecule is Cc1ccc(CNC(=O)c2cc(CCl)c(C)o2)cc1. The first-order valence-electron chi connectivity index (χ1n) is 6.09. The van der Waals surface area contributed by atoms with Crippen LogP contribution in [0, 0.1) is 13.8 Å². The number of benzene rings is 1. The lowest BCUT2D eigenvalue weighted by atomic mass is 10.1. The van der Waals surface area contributed by atoms with Crippen LogP contribution >= 0.6 is 11.6 Å². The molecule has 100 valence electrons. The van der Waals surface area contributed by atoms with Gasteiger partial charge in [0.05, 0.1) is 5.88 Å². The third kappa shape index (κ3) is 3.38. The molecule has 1 aromatic carbocycles. The summed E-state index contributed by atoms with van der Waals surface area (Å²) < 4.78 is 5.38. The minimum atomic E-state index is -0.222. The van der Waals surface area contributed by atoms with Crippen molar-refractivity contribution in [2.24, 2.45) is 0 Å². The van der Waals surface area contributed by atoms with Gasteiger partial charge in [-0.25, -0.2) is 0 Å². The molecule has 4 heteroatoms. The number of hydrogen-bond donors (Lipinski definition) is 1. The van der Waals surface area contributed by atoms with Gasteiger partial charge in [-0.15, -0.1) is 11.6 Å². The van der Waals surface area contributed by atoms with E-state index in [1.54, 1.807) is 13.0 Å². The summed E-state index contributed by atoms with van der Waals surface area (Å²) in [6.45, 7) is 4.31. The van der Waals surface area contributed by atoms with E-state index in [2.05, 4.69) is 5.32 Å². The smallest absolute Gasteiger partial charge is 0.287 e. The molecule has 2 aromatic rings. The van der Waals surface area contributed by atoms with Gasteiger partial charge in [0.25, 0.3) is 5.91 Å². The highest BCUT2D eigenvalue weighted by Gasteiger charge is 2.13. The lowest BCUT2D eigenvalue weighted by Gasteiger charge is -2.03. The van der Waals surface area contributed by atoms with E-state index in [1.165, 1.54) is 5.56 Å². The summed E-state index contributed by atoms with van der Waals surface area (Å²) in [6, 6.07) is 9.71. The van der Waals surface area contributed by atoms with E-state index in [9.17, 15) is 4.79 Å². The van der Waals surface area contributed by atoms with Crippen molar-refractivity contribution in [2.75, 3.05) is 0 Å². The molecule has 0 bridgehead atoms. The standard InChI is InChI=1S/C15H16ClNO2/c1-10-3-5-12(6-4-10)9-17-15(18)14-7-13(8-16)11(2)19-14/h3-7H,8-9H2,1-2H3,(H,17,18). The highest BCUT2D eigenvalue weighted by atomic mass is 35.5. The van der Waals surface area contributed by atoms with Crippen molar-refractivity contribution in [1.82, 2.24) is 5.32 Å². The first-order valence-corrected chi connectivity index (χ1v) is 6.62. The zero-order valence-electron chi connectivity index (χ0n) is 11.0. The summed E-state index contributed by atoms with van der Waals surface area (Å²) in [5, 5.41) is 2.82. The van der Waals surface area contributed by atoms with Gasteiger partial charge in [-0.2, -0.15) is 0 Å². The van der Waals surface area contributed by atoms with Crippen LogP contribution in [-0.4, -0.2) is 5.91 Å². The topological polar surface area (TPSA) is 42.2 Å². The van der Waals surface area contributed by atoms with Crippen LogP contribution in [0.1, 0.15) is 33.0 Å². The van der Waals surface area contributed by atoms with Crippen molar-refractivity contribution in [1.29, 1.82) is 0 Å². The van der Waals surface area contributed by atoms with E-state index in [0.29, 0.717) is 23.9 Å². The van der Waals surface area contributed by atoms with Gasteiger partial charge in [-0.05, 0) is 25.5 Å². The monoisotopic (exact) mass is 277 g/mol. The normalized spacial score (nSPS) is 10.5. The van der Waals surface area contributed by atoms with E-state index in [4.69, 9.17) is 16.0 Å². The maximum Gasteiger partial charge on any atom is 0.287 e. The Morgan fingerprint density at radius 1 is 1.26 bits per heavy atom. The molecule has 0 radical (unpaired) electrons. The van der Waals surface area contributed by atoms with Gasteiger partial charge in [-0.1, -0.05) is 29.8 Å². The number of hydrogen-bond acceptors (Lipinski definition) is 2. The van der Waals surface area contributed by atoms with Crippen molar-refractivity contribution in [3.63, 3.8) is 0 Å². The maximum absolute atomic E-state index is 11.9. The molecule has 0 unspecified atom stereocenters. The summed E-state index contributed by atoms with van der Waals surface area (Å²) in [5.41, 5.74) is 3.10. The molecule has 0 spiro atoms. The number of alkyl halides is 1. The fourth-order valence-electron chi connectivity index (χ4n) is 1.74. The number of nitrogens with one attached hydrogen (secondary N) is 1. The van der Waals surface area contributed by atoms with Gasteiger partial charge in [-0.3, -0.25) is 4.79 Å². The Labute approximate surface area is 117 Å². The van der Waals surface area contributed by atoms with E-state index >= 15 is 0 Å². The van der Waals surface area contributed by atoms with Gasteiger partial charge in [0.1, 0.15) is 5.76 Å². The van der Waals surface area contributed by atoms with Gasteiger partial charge in [0, 0.05) is 12.1 Å². The lowest BCUT2D eigenvalue weighted by Crippen LogP contribution is -2.22. The van der Waals surface area contributed by atoms with Gasteiger partial charge < -0.3 is 9.73 Å². The van der Waals surface area contributed by atoms with Crippen LogP contribution in [0.2, 0.25) is 0 Å². The molecular formula is C15H16ClNO2. The zero-order valence-corrected chi connectivity index (χ0v) is 11.8. The molecule has 2 rings (SSSR count). The number of amides is 1. The van der Waals surface area contributed by atoms with Crippen molar-refractivity contribution in [3.8, 4) is 0 Å². The first-order chi connectivity index (χ1) is 9.10. The Balaban J connectivity index is 1.99. The molecule has 0 aliphatic rings. The zero-order chi connectivity index (χ0) is 13.8. The van der Waals surface area contributed by atoms with Crippen LogP contribution in [0.5, 0.6) is 0 Å². The van der Waals surface area contributed by atoms with Crippen LogP contribution in [-0.2, 0) is 12.4 Å². The average molecular weight is 278 g/mol. The minimum absolute atomic E-state index is 0.222. The Kier molecular flexibility index (Phi) is 4.27. The molecule has 0 saturated heterocycles. The highest BCUT2D eigenvalue weighted by Crippen LogP contribution is 2.16. The molecule has 1 N–H and O–H groups in total. The Morgan fingerprint density at radius 2 is 1.95 bits per heavy atom. The Morgan fingerprint density at radius 3 is 2.53 bits per heavy atom. The van der Waals surface area contributed by atoms with Crippen LogP contribution in [0.3, 0.4) is 0 Å². The number of furan rings is 1. The molecule has 0 fully saturated rings. The molecule has 1 aromatic heterocycles. The fourth-order valence-corrected chi connectivity index (χ4v) is 2.01. The molecule has 19 heavy (non-hydrogen) atoms. The number of carbonyl (C=O) groups excluding carboxylic acids is 1. The first kappa shape index (κ1) is 13.7. The quantitative estimate of drug-likeness (QED) is 0.868. The maximum atomic E-state index is 11.9. The molecule has 0 aliphatic carbocycles. The lowest BCUT2D eigenvalue weighted by molar-refractivity contribution is 0.0922. The van der Waals surface area contributed by atoms with E-state index < -0.39 is 0 Å². The molecule has 1 amide bonds. The van der Waals surface area contributed by atoms with Crippen LogP contribution < -0.4 is 5.32 Å². The second-order valence-corrected chi connectivity index (χ2v) is 4.76. The highest BCUT2D eigenvalue weighted by molar-refractivity contribution is 6.17. The largest absolute Gasteiger partial charge is 0.456 e. The average Bonchev–Trinajstić information content (AvgIpc) is 2.79. The van der Waals surface area contributed by atoms with Crippen LogP contribution in [0.15, 0.2) is 34.7 Å². The predicted octanol–water partition coefficient (Wildman–Crippen LogP) is 3.57. The summed E-state index contributed by atoms with van der Waals surface area (Å²) in [7, 11) is 0. The minimum Gasteiger partial charge on any atom is -0.456 e. The summed E-state index contributed by atoms with van der Waals surface area (Å²) in [4.78, 5) is 11.9. The number of rotatable bonds is 4. The molecule has 1 heterocycles. The summed E-state index contributed by atoms with van der Waals surface area (Å²) in [6.07, 6.45) is 0. The van der Waals surface area contributed by atoms with Crippen molar-refractivity contribution in [2.45, 2.75) is 26.3 Å². The Bertz CT molecular complexity index is 572.